The molecule has 2 aromatic heterocycles. The van der Waals surface area contributed by atoms with Crippen molar-refractivity contribution in [3.8, 4) is 5.69 Å². The van der Waals surface area contributed by atoms with E-state index in [0.717, 1.165) is 30.0 Å². The molecule has 128 valence electrons. The zero-order valence-electron chi connectivity index (χ0n) is 14.5. The average molecular weight is 335 g/mol. The van der Waals surface area contributed by atoms with E-state index in [1.807, 2.05) is 48.4 Å². The number of rotatable bonds is 3. The lowest BCUT2D eigenvalue weighted by molar-refractivity contribution is 0.0787. The SMILES string of the molecule is Cc1cc(C)n([C@H]2CCN(C(=O)c3cccc(-n4cccn4)c3)C2)n1. The maximum Gasteiger partial charge on any atom is 0.254 e. The summed E-state index contributed by atoms with van der Waals surface area (Å²) >= 11 is 0. The maximum atomic E-state index is 12.9. The van der Waals surface area contributed by atoms with Crippen molar-refractivity contribution in [2.45, 2.75) is 26.3 Å². The minimum Gasteiger partial charge on any atom is -0.336 e. The van der Waals surface area contributed by atoms with Gasteiger partial charge in [0, 0.05) is 36.7 Å². The molecule has 6 heteroatoms. The number of hydrogen-bond donors (Lipinski definition) is 0. The quantitative estimate of drug-likeness (QED) is 0.739. The first-order valence-corrected chi connectivity index (χ1v) is 8.54. The Labute approximate surface area is 146 Å². The zero-order chi connectivity index (χ0) is 17.4. The lowest BCUT2D eigenvalue weighted by Gasteiger charge is -2.18. The van der Waals surface area contributed by atoms with Gasteiger partial charge in [-0.15, -0.1) is 0 Å². The van der Waals surface area contributed by atoms with Crippen LogP contribution in [0.5, 0.6) is 0 Å². The Balaban J connectivity index is 1.52. The molecule has 1 atom stereocenters. The lowest BCUT2D eigenvalue weighted by Crippen LogP contribution is -2.29. The van der Waals surface area contributed by atoms with E-state index in [2.05, 4.69) is 27.9 Å². The van der Waals surface area contributed by atoms with Gasteiger partial charge >= 0.3 is 0 Å². The Morgan fingerprint density at radius 3 is 2.80 bits per heavy atom. The number of likely N-dealkylation sites (tertiary alicyclic amines) is 1. The number of amides is 1. The standard InChI is InChI=1S/C19H21N5O/c1-14-11-15(2)24(21-14)18-7-10-22(13-18)19(25)16-5-3-6-17(12-16)23-9-4-8-20-23/h3-6,8-9,11-12,18H,7,10,13H2,1-2H3/t18-/m0/s1. The van der Waals surface area contributed by atoms with Gasteiger partial charge in [-0.1, -0.05) is 6.07 Å². The van der Waals surface area contributed by atoms with Crippen molar-refractivity contribution >= 4 is 5.91 Å². The molecule has 0 unspecified atom stereocenters. The fraction of sp³-hybridized carbons (Fsp3) is 0.316. The fourth-order valence-corrected chi connectivity index (χ4v) is 3.53. The number of nitrogens with zero attached hydrogens (tertiary/aromatic N) is 5. The summed E-state index contributed by atoms with van der Waals surface area (Å²) in [6.45, 7) is 5.53. The minimum absolute atomic E-state index is 0.0676. The molecule has 0 saturated carbocycles. The molecule has 3 aromatic rings. The monoisotopic (exact) mass is 335 g/mol. The van der Waals surface area contributed by atoms with Crippen molar-refractivity contribution in [2.75, 3.05) is 13.1 Å². The van der Waals surface area contributed by atoms with Gasteiger partial charge in [0.15, 0.2) is 0 Å². The molecule has 6 nitrogen and oxygen atoms in total. The third-order valence-electron chi connectivity index (χ3n) is 4.70. The summed E-state index contributed by atoms with van der Waals surface area (Å²) in [4.78, 5) is 14.8. The van der Waals surface area contributed by atoms with E-state index in [1.54, 1.807) is 10.9 Å². The van der Waals surface area contributed by atoms with Crippen molar-refractivity contribution in [3.63, 3.8) is 0 Å². The molecule has 1 aliphatic heterocycles. The Hall–Kier alpha value is -2.89. The first kappa shape index (κ1) is 15.6. The smallest absolute Gasteiger partial charge is 0.254 e. The van der Waals surface area contributed by atoms with Crippen molar-refractivity contribution in [3.05, 3.63) is 65.7 Å². The van der Waals surface area contributed by atoms with Gasteiger partial charge in [0.2, 0.25) is 0 Å². The van der Waals surface area contributed by atoms with Gasteiger partial charge in [0.1, 0.15) is 0 Å². The molecule has 1 saturated heterocycles. The number of benzene rings is 1. The molecule has 1 amide bonds. The molecular formula is C19H21N5O. The third-order valence-corrected chi connectivity index (χ3v) is 4.70. The predicted octanol–water partition coefficient (Wildman–Crippen LogP) is 2.77. The Morgan fingerprint density at radius 2 is 2.08 bits per heavy atom. The summed E-state index contributed by atoms with van der Waals surface area (Å²) in [6, 6.07) is 11.8. The highest BCUT2D eigenvalue weighted by Gasteiger charge is 2.29. The number of aryl methyl sites for hydroxylation is 2. The van der Waals surface area contributed by atoms with E-state index in [4.69, 9.17) is 0 Å². The van der Waals surface area contributed by atoms with Gasteiger partial charge in [-0.3, -0.25) is 9.48 Å². The molecule has 0 N–H and O–H groups in total. The predicted molar refractivity (Wildman–Crippen MR) is 94.8 cm³/mol. The van der Waals surface area contributed by atoms with Crippen molar-refractivity contribution in [2.24, 2.45) is 0 Å². The van der Waals surface area contributed by atoms with Gasteiger partial charge in [-0.05, 0) is 50.6 Å². The van der Waals surface area contributed by atoms with Crippen LogP contribution < -0.4 is 0 Å². The van der Waals surface area contributed by atoms with Gasteiger partial charge in [0.25, 0.3) is 5.91 Å². The van der Waals surface area contributed by atoms with Crippen LogP contribution >= 0.6 is 0 Å². The molecule has 0 bridgehead atoms. The third kappa shape index (κ3) is 2.95. The van der Waals surface area contributed by atoms with Crippen molar-refractivity contribution in [1.82, 2.24) is 24.5 Å². The number of aromatic nitrogens is 4. The fourth-order valence-electron chi connectivity index (χ4n) is 3.53. The van der Waals surface area contributed by atoms with Gasteiger partial charge in [-0.2, -0.15) is 10.2 Å². The normalized spacial score (nSPS) is 17.2. The van der Waals surface area contributed by atoms with E-state index < -0.39 is 0 Å². The van der Waals surface area contributed by atoms with Crippen LogP contribution in [-0.2, 0) is 0 Å². The lowest BCUT2D eigenvalue weighted by atomic mass is 10.2. The highest BCUT2D eigenvalue weighted by Crippen LogP contribution is 2.25. The topological polar surface area (TPSA) is 56.0 Å². The summed E-state index contributed by atoms with van der Waals surface area (Å²) < 4.78 is 3.82. The summed E-state index contributed by atoms with van der Waals surface area (Å²) in [7, 11) is 0. The zero-order valence-corrected chi connectivity index (χ0v) is 14.5. The summed E-state index contributed by atoms with van der Waals surface area (Å²) in [6.07, 6.45) is 4.54. The van der Waals surface area contributed by atoms with E-state index in [9.17, 15) is 4.79 Å². The van der Waals surface area contributed by atoms with Crippen LogP contribution in [0.2, 0.25) is 0 Å². The second-order valence-electron chi connectivity index (χ2n) is 6.57. The van der Waals surface area contributed by atoms with Crippen LogP contribution in [0.1, 0.15) is 34.2 Å². The molecule has 4 rings (SSSR count). The van der Waals surface area contributed by atoms with Crippen LogP contribution in [-0.4, -0.2) is 43.5 Å². The summed E-state index contributed by atoms with van der Waals surface area (Å²) in [5, 5.41) is 8.80. The van der Waals surface area contributed by atoms with Crippen LogP contribution in [0.15, 0.2) is 48.8 Å². The van der Waals surface area contributed by atoms with Gasteiger partial charge in [0.05, 0.1) is 17.4 Å². The Kier molecular flexibility index (Phi) is 3.87. The second kappa shape index (κ2) is 6.20. The molecule has 3 heterocycles. The second-order valence-corrected chi connectivity index (χ2v) is 6.57. The first-order chi connectivity index (χ1) is 12.1. The summed E-state index contributed by atoms with van der Waals surface area (Å²) in [5.41, 5.74) is 3.76. The molecule has 0 spiro atoms. The van der Waals surface area contributed by atoms with E-state index in [1.165, 1.54) is 0 Å². The van der Waals surface area contributed by atoms with E-state index in [-0.39, 0.29) is 11.9 Å². The van der Waals surface area contributed by atoms with Crippen molar-refractivity contribution in [1.29, 1.82) is 0 Å². The average Bonchev–Trinajstić information content (AvgIpc) is 3.35. The molecule has 0 aliphatic carbocycles. The summed E-state index contributed by atoms with van der Waals surface area (Å²) in [5.74, 6) is 0.0676. The van der Waals surface area contributed by atoms with Crippen LogP contribution in [0.4, 0.5) is 0 Å². The molecule has 1 fully saturated rings. The van der Waals surface area contributed by atoms with E-state index >= 15 is 0 Å². The maximum absolute atomic E-state index is 12.9. The van der Waals surface area contributed by atoms with Gasteiger partial charge in [-0.25, -0.2) is 4.68 Å². The largest absolute Gasteiger partial charge is 0.336 e. The first-order valence-electron chi connectivity index (χ1n) is 8.54. The van der Waals surface area contributed by atoms with Crippen LogP contribution in [0.25, 0.3) is 5.69 Å². The number of carbonyl (C=O) groups is 1. The van der Waals surface area contributed by atoms with Gasteiger partial charge < -0.3 is 4.90 Å². The number of carbonyl (C=O) groups excluding carboxylic acids is 1. The molecule has 25 heavy (non-hydrogen) atoms. The molecule has 1 aliphatic rings. The van der Waals surface area contributed by atoms with E-state index in [0.29, 0.717) is 12.1 Å². The van der Waals surface area contributed by atoms with Crippen LogP contribution in [0.3, 0.4) is 0 Å². The minimum atomic E-state index is 0.0676. The molecule has 1 aromatic carbocycles. The Bertz CT molecular complexity index is 896. The molecule has 0 radical (unpaired) electrons. The van der Waals surface area contributed by atoms with Crippen molar-refractivity contribution < 1.29 is 4.79 Å². The molecular weight excluding hydrogens is 314 g/mol. The highest BCUT2D eigenvalue weighted by atomic mass is 16.2. The Morgan fingerprint density at radius 1 is 1.20 bits per heavy atom. The highest BCUT2D eigenvalue weighted by molar-refractivity contribution is 5.95. The van der Waals surface area contributed by atoms with Crippen LogP contribution in [0, 0.1) is 13.8 Å². The number of hydrogen-bond acceptors (Lipinski definition) is 3.